The van der Waals surface area contributed by atoms with E-state index < -0.39 is 16.5 Å². The molecule has 3 aliphatic rings. The van der Waals surface area contributed by atoms with Gasteiger partial charge in [-0.2, -0.15) is 0 Å². The average molecular weight is 459 g/mol. The van der Waals surface area contributed by atoms with Crippen LogP contribution in [0.25, 0.3) is 0 Å². The molecule has 32 heavy (non-hydrogen) atoms. The molecule has 0 bridgehead atoms. The molecule has 2 heterocycles. The van der Waals surface area contributed by atoms with Crippen LogP contribution in [0.2, 0.25) is 0 Å². The number of rotatable bonds is 4. The molecule has 1 spiro atoms. The number of methoxy groups -OCH3 is 1. The van der Waals surface area contributed by atoms with E-state index in [0.717, 1.165) is 25.7 Å². The zero-order chi connectivity index (χ0) is 22.5. The third-order valence-corrected chi connectivity index (χ3v) is 8.17. The number of halogens is 2. The van der Waals surface area contributed by atoms with Gasteiger partial charge in [0.2, 0.25) is 5.91 Å². The van der Waals surface area contributed by atoms with Crippen LogP contribution in [-0.4, -0.2) is 36.1 Å². The normalized spacial score (nSPS) is 22.8. The Balaban J connectivity index is 1.61. The summed E-state index contributed by atoms with van der Waals surface area (Å²) < 4.78 is 34.3. The van der Waals surface area contributed by atoms with E-state index >= 15 is 0 Å². The zero-order valence-electron chi connectivity index (χ0n) is 17.8. The lowest BCUT2D eigenvalue weighted by atomic mass is 10.0. The molecule has 0 N–H and O–H groups in total. The van der Waals surface area contributed by atoms with E-state index in [0.29, 0.717) is 29.3 Å². The van der Waals surface area contributed by atoms with Crippen LogP contribution >= 0.6 is 11.8 Å². The molecule has 1 saturated carbocycles. The standard InChI is InChI=1S/C24H24F2N2O3S/c1-31-16-9-10-21-18(13-16)24(28(11-12-32-24)22(29)15-5-2-3-6-15)23(30)27(21)14-17-19(25)7-4-8-20(17)26/h4,7-10,13,15H,2-3,5-6,11-12,14H2,1H3. The van der Waals surface area contributed by atoms with Gasteiger partial charge in [-0.3, -0.25) is 9.59 Å². The second-order valence-electron chi connectivity index (χ2n) is 8.44. The molecule has 5 rings (SSSR count). The van der Waals surface area contributed by atoms with Crippen LogP contribution in [0.15, 0.2) is 36.4 Å². The van der Waals surface area contributed by atoms with Crippen LogP contribution in [0, 0.1) is 17.6 Å². The molecular formula is C24H24F2N2O3S. The first-order chi connectivity index (χ1) is 15.5. The van der Waals surface area contributed by atoms with Gasteiger partial charge in [-0.05, 0) is 43.2 Å². The van der Waals surface area contributed by atoms with Crippen molar-refractivity contribution in [3.05, 3.63) is 59.2 Å². The van der Waals surface area contributed by atoms with Crippen molar-refractivity contribution in [1.29, 1.82) is 0 Å². The van der Waals surface area contributed by atoms with E-state index in [1.807, 2.05) is 0 Å². The van der Waals surface area contributed by atoms with Crippen molar-refractivity contribution in [3.8, 4) is 5.75 Å². The number of thioether (sulfide) groups is 1. The van der Waals surface area contributed by atoms with E-state index in [2.05, 4.69) is 0 Å². The first kappa shape index (κ1) is 21.2. The van der Waals surface area contributed by atoms with Crippen molar-refractivity contribution in [3.63, 3.8) is 0 Å². The highest BCUT2D eigenvalue weighted by atomic mass is 32.2. The minimum atomic E-state index is -1.23. The van der Waals surface area contributed by atoms with Gasteiger partial charge in [0.05, 0.1) is 19.3 Å². The fraction of sp³-hybridized carbons (Fsp3) is 0.417. The van der Waals surface area contributed by atoms with E-state index in [-0.39, 0.29) is 29.8 Å². The first-order valence-electron chi connectivity index (χ1n) is 10.9. The molecule has 2 amide bonds. The number of benzene rings is 2. The Kier molecular flexibility index (Phi) is 5.35. The van der Waals surface area contributed by atoms with Crippen LogP contribution in [0.1, 0.15) is 36.8 Å². The maximum Gasteiger partial charge on any atom is 0.268 e. The van der Waals surface area contributed by atoms with Gasteiger partial charge in [-0.15, -0.1) is 11.8 Å². The maximum atomic E-state index is 14.4. The van der Waals surface area contributed by atoms with Crippen molar-refractivity contribution in [2.45, 2.75) is 37.1 Å². The highest BCUT2D eigenvalue weighted by Crippen LogP contribution is 2.56. The van der Waals surface area contributed by atoms with Gasteiger partial charge in [0, 0.05) is 29.3 Å². The summed E-state index contributed by atoms with van der Waals surface area (Å²) in [5, 5.41) is 0. The van der Waals surface area contributed by atoms with Crippen molar-refractivity contribution in [1.82, 2.24) is 4.90 Å². The van der Waals surface area contributed by atoms with Crippen LogP contribution in [-0.2, 0) is 21.0 Å². The third kappa shape index (κ3) is 3.10. The summed E-state index contributed by atoms with van der Waals surface area (Å²) in [7, 11) is 1.54. The summed E-state index contributed by atoms with van der Waals surface area (Å²) in [5.74, 6) is -0.645. The third-order valence-electron chi connectivity index (χ3n) is 6.75. The molecular weight excluding hydrogens is 434 g/mol. The Morgan fingerprint density at radius 1 is 1.19 bits per heavy atom. The Morgan fingerprint density at radius 2 is 1.91 bits per heavy atom. The predicted molar refractivity (Wildman–Crippen MR) is 118 cm³/mol. The van der Waals surface area contributed by atoms with E-state index in [4.69, 9.17) is 4.74 Å². The Bertz CT molecular complexity index is 1070. The van der Waals surface area contributed by atoms with Gasteiger partial charge < -0.3 is 14.5 Å². The topological polar surface area (TPSA) is 49.9 Å². The van der Waals surface area contributed by atoms with Crippen molar-refractivity contribution >= 4 is 29.3 Å². The Morgan fingerprint density at radius 3 is 2.59 bits per heavy atom. The highest BCUT2D eigenvalue weighted by Gasteiger charge is 2.60. The zero-order valence-corrected chi connectivity index (χ0v) is 18.6. The lowest BCUT2D eigenvalue weighted by molar-refractivity contribution is -0.143. The summed E-state index contributed by atoms with van der Waals surface area (Å²) in [6.45, 7) is 0.217. The fourth-order valence-electron chi connectivity index (χ4n) is 5.13. The highest BCUT2D eigenvalue weighted by molar-refractivity contribution is 8.01. The summed E-state index contributed by atoms with van der Waals surface area (Å²) in [4.78, 5) is 29.3. The van der Waals surface area contributed by atoms with Gasteiger partial charge >= 0.3 is 0 Å². The SMILES string of the molecule is COc1ccc2c(c1)C1(SCCN1C(=O)C1CCCC1)C(=O)N2Cc1c(F)cccc1F. The van der Waals surface area contributed by atoms with Crippen LogP contribution in [0.3, 0.4) is 0 Å². The molecule has 1 saturated heterocycles. The fourth-order valence-corrected chi connectivity index (χ4v) is 6.59. The molecule has 2 fully saturated rings. The quantitative estimate of drug-likeness (QED) is 0.680. The number of ether oxygens (including phenoxy) is 1. The molecule has 2 aromatic carbocycles. The van der Waals surface area contributed by atoms with E-state index in [1.54, 1.807) is 30.2 Å². The molecule has 0 aromatic heterocycles. The second kappa shape index (κ2) is 8.06. The monoisotopic (exact) mass is 458 g/mol. The van der Waals surface area contributed by atoms with Crippen LogP contribution in [0.4, 0.5) is 14.5 Å². The summed E-state index contributed by atoms with van der Waals surface area (Å²) in [5.41, 5.74) is 1.03. The average Bonchev–Trinajstić information content (AvgIpc) is 3.52. The molecule has 5 nitrogen and oxygen atoms in total. The predicted octanol–water partition coefficient (Wildman–Crippen LogP) is 4.44. The van der Waals surface area contributed by atoms with E-state index in [9.17, 15) is 18.4 Å². The molecule has 8 heteroatoms. The summed E-state index contributed by atoms with van der Waals surface area (Å²) in [6.07, 6.45) is 3.70. The van der Waals surface area contributed by atoms with Crippen molar-refractivity contribution in [2.24, 2.45) is 5.92 Å². The molecule has 1 aliphatic carbocycles. The number of nitrogens with zero attached hydrogens (tertiary/aromatic N) is 2. The lowest BCUT2D eigenvalue weighted by Gasteiger charge is -2.35. The number of hydrogen-bond donors (Lipinski definition) is 0. The number of hydrogen-bond acceptors (Lipinski definition) is 4. The molecule has 0 radical (unpaired) electrons. The van der Waals surface area contributed by atoms with Crippen molar-refractivity contribution < 1.29 is 23.1 Å². The van der Waals surface area contributed by atoms with Crippen molar-refractivity contribution in [2.75, 3.05) is 24.3 Å². The molecule has 2 aliphatic heterocycles. The first-order valence-corrected chi connectivity index (χ1v) is 11.8. The van der Waals surface area contributed by atoms with Gasteiger partial charge in [0.25, 0.3) is 5.91 Å². The maximum absolute atomic E-state index is 14.4. The second-order valence-corrected chi connectivity index (χ2v) is 9.73. The molecule has 2 aromatic rings. The molecule has 168 valence electrons. The molecule has 1 unspecified atom stereocenters. The number of amides is 2. The van der Waals surface area contributed by atoms with Crippen LogP contribution < -0.4 is 9.64 Å². The lowest BCUT2D eigenvalue weighted by Crippen LogP contribution is -2.51. The minimum Gasteiger partial charge on any atom is -0.497 e. The number of fused-ring (bicyclic) bond motifs is 2. The largest absolute Gasteiger partial charge is 0.497 e. The van der Waals surface area contributed by atoms with Gasteiger partial charge in [0.15, 0.2) is 4.87 Å². The van der Waals surface area contributed by atoms with Gasteiger partial charge in [-0.25, -0.2) is 8.78 Å². The Hall–Kier alpha value is -2.61. The summed E-state index contributed by atoms with van der Waals surface area (Å²) in [6, 6.07) is 8.90. The van der Waals surface area contributed by atoms with Gasteiger partial charge in [0.1, 0.15) is 17.4 Å². The summed E-state index contributed by atoms with van der Waals surface area (Å²) >= 11 is 1.41. The minimum absolute atomic E-state index is 0.00598. The number of carbonyl (C=O) groups excluding carboxylic acids is 2. The van der Waals surface area contributed by atoms with Crippen LogP contribution in [0.5, 0.6) is 5.75 Å². The Labute approximate surface area is 189 Å². The van der Waals surface area contributed by atoms with E-state index in [1.165, 1.54) is 34.9 Å². The number of carbonyl (C=O) groups is 2. The molecule has 1 atom stereocenters. The smallest absolute Gasteiger partial charge is 0.268 e. The van der Waals surface area contributed by atoms with Gasteiger partial charge in [-0.1, -0.05) is 18.9 Å². The number of anilines is 1.